The van der Waals surface area contributed by atoms with E-state index in [9.17, 15) is 9.59 Å². The van der Waals surface area contributed by atoms with Crippen LogP contribution >= 0.6 is 0 Å². The number of carbonyl (C=O) groups is 2. The SMILES string of the molecule is COC(=O)/C=C/C(=O)OCCCCCCN(C)C. The summed E-state index contributed by atoms with van der Waals surface area (Å²) in [5.74, 6) is -1.07. The van der Waals surface area contributed by atoms with Crippen molar-refractivity contribution in [3.8, 4) is 0 Å². The van der Waals surface area contributed by atoms with Gasteiger partial charge in [0.2, 0.25) is 0 Å². The molecule has 0 aromatic rings. The maximum absolute atomic E-state index is 11.1. The summed E-state index contributed by atoms with van der Waals surface area (Å²) in [5.41, 5.74) is 0. The van der Waals surface area contributed by atoms with Crippen molar-refractivity contribution in [2.24, 2.45) is 0 Å². The lowest BCUT2D eigenvalue weighted by Crippen LogP contribution is -2.12. The normalized spacial score (nSPS) is 10.9. The standard InChI is InChI=1S/C13H23NO4/c1-14(2)10-6-4-5-7-11-18-13(16)9-8-12(15)17-3/h8-9H,4-7,10-11H2,1-3H3/b9-8+. The molecule has 0 atom stereocenters. The Bertz CT molecular complexity index is 274. The molecule has 0 unspecified atom stereocenters. The number of carbonyl (C=O) groups excluding carboxylic acids is 2. The summed E-state index contributed by atoms with van der Waals surface area (Å²) in [4.78, 5) is 24.0. The van der Waals surface area contributed by atoms with E-state index in [0.717, 1.165) is 44.4 Å². The Balaban J connectivity index is 3.41. The fourth-order valence-electron chi connectivity index (χ4n) is 1.31. The van der Waals surface area contributed by atoms with Crippen LogP contribution in [0.1, 0.15) is 25.7 Å². The van der Waals surface area contributed by atoms with Crippen molar-refractivity contribution >= 4 is 11.9 Å². The minimum Gasteiger partial charge on any atom is -0.466 e. The smallest absolute Gasteiger partial charge is 0.331 e. The van der Waals surface area contributed by atoms with Crippen LogP contribution < -0.4 is 0 Å². The molecule has 0 saturated heterocycles. The van der Waals surface area contributed by atoms with E-state index in [1.807, 2.05) is 0 Å². The molecule has 5 heteroatoms. The van der Waals surface area contributed by atoms with E-state index in [2.05, 4.69) is 23.7 Å². The summed E-state index contributed by atoms with van der Waals surface area (Å²) in [6, 6.07) is 0. The van der Waals surface area contributed by atoms with Crippen LogP contribution in [0.4, 0.5) is 0 Å². The second kappa shape index (κ2) is 10.8. The van der Waals surface area contributed by atoms with Gasteiger partial charge in [0.05, 0.1) is 13.7 Å². The predicted molar refractivity (Wildman–Crippen MR) is 69.1 cm³/mol. The summed E-state index contributed by atoms with van der Waals surface area (Å²) in [6.45, 7) is 1.48. The van der Waals surface area contributed by atoms with Gasteiger partial charge in [-0.1, -0.05) is 12.8 Å². The Hall–Kier alpha value is -1.36. The summed E-state index contributed by atoms with van der Waals surface area (Å²) in [5, 5.41) is 0. The third kappa shape index (κ3) is 11.1. The largest absolute Gasteiger partial charge is 0.466 e. The monoisotopic (exact) mass is 257 g/mol. The molecule has 5 nitrogen and oxygen atoms in total. The van der Waals surface area contributed by atoms with Crippen LogP contribution in [0.3, 0.4) is 0 Å². The van der Waals surface area contributed by atoms with Crippen LogP contribution in [0, 0.1) is 0 Å². The highest BCUT2D eigenvalue weighted by molar-refractivity contribution is 5.91. The molecular formula is C13H23NO4. The van der Waals surface area contributed by atoms with Crippen LogP contribution in [-0.2, 0) is 19.1 Å². The molecule has 0 heterocycles. The zero-order valence-electron chi connectivity index (χ0n) is 11.5. The van der Waals surface area contributed by atoms with E-state index >= 15 is 0 Å². The third-order valence-electron chi connectivity index (χ3n) is 2.30. The summed E-state index contributed by atoms with van der Waals surface area (Å²) < 4.78 is 9.27. The van der Waals surface area contributed by atoms with Gasteiger partial charge in [-0.3, -0.25) is 0 Å². The maximum Gasteiger partial charge on any atom is 0.331 e. The molecule has 0 bridgehead atoms. The number of esters is 2. The van der Waals surface area contributed by atoms with Gasteiger partial charge in [-0.05, 0) is 33.5 Å². The predicted octanol–water partition coefficient (Wildman–Crippen LogP) is 1.38. The summed E-state index contributed by atoms with van der Waals surface area (Å²) in [6.07, 6.45) is 6.32. The average Bonchev–Trinajstić information content (AvgIpc) is 2.34. The molecule has 0 aromatic carbocycles. The Morgan fingerprint density at radius 3 is 2.22 bits per heavy atom. The molecule has 104 valence electrons. The van der Waals surface area contributed by atoms with Gasteiger partial charge in [-0.2, -0.15) is 0 Å². The van der Waals surface area contributed by atoms with E-state index in [4.69, 9.17) is 4.74 Å². The first-order valence-electron chi connectivity index (χ1n) is 6.13. The Labute approximate surface area is 109 Å². The van der Waals surface area contributed by atoms with Crippen LogP contribution in [0.15, 0.2) is 12.2 Å². The first-order valence-corrected chi connectivity index (χ1v) is 6.13. The van der Waals surface area contributed by atoms with Crippen molar-refractivity contribution in [3.63, 3.8) is 0 Å². The quantitative estimate of drug-likeness (QED) is 0.355. The second-order valence-electron chi connectivity index (χ2n) is 4.24. The molecule has 0 aliphatic carbocycles. The van der Waals surface area contributed by atoms with E-state index in [0.29, 0.717) is 6.61 Å². The lowest BCUT2D eigenvalue weighted by atomic mass is 10.2. The number of hydrogen-bond donors (Lipinski definition) is 0. The molecule has 0 rings (SSSR count). The van der Waals surface area contributed by atoms with Gasteiger partial charge < -0.3 is 14.4 Å². The summed E-state index contributed by atoms with van der Waals surface area (Å²) in [7, 11) is 5.36. The second-order valence-corrected chi connectivity index (χ2v) is 4.24. The Morgan fingerprint density at radius 2 is 1.61 bits per heavy atom. The molecular weight excluding hydrogens is 234 g/mol. The van der Waals surface area contributed by atoms with E-state index < -0.39 is 11.9 Å². The molecule has 0 aromatic heterocycles. The minimum atomic E-state index is -0.560. The van der Waals surface area contributed by atoms with Crippen LogP contribution in [0.2, 0.25) is 0 Å². The Morgan fingerprint density at radius 1 is 1.00 bits per heavy atom. The van der Waals surface area contributed by atoms with Gasteiger partial charge in [0.15, 0.2) is 0 Å². The number of rotatable bonds is 9. The van der Waals surface area contributed by atoms with Crippen molar-refractivity contribution in [2.45, 2.75) is 25.7 Å². The molecule has 0 aliphatic heterocycles. The first-order chi connectivity index (χ1) is 8.56. The maximum atomic E-state index is 11.1. The number of methoxy groups -OCH3 is 1. The number of hydrogen-bond acceptors (Lipinski definition) is 5. The van der Waals surface area contributed by atoms with Gasteiger partial charge in [0.1, 0.15) is 0 Å². The van der Waals surface area contributed by atoms with Gasteiger partial charge in [-0.25, -0.2) is 9.59 Å². The van der Waals surface area contributed by atoms with Crippen molar-refractivity contribution in [2.75, 3.05) is 34.4 Å². The molecule has 0 fully saturated rings. The van der Waals surface area contributed by atoms with Crippen molar-refractivity contribution in [1.29, 1.82) is 0 Å². The molecule has 0 radical (unpaired) electrons. The lowest BCUT2D eigenvalue weighted by molar-refractivity contribution is -0.139. The molecule has 0 amide bonds. The average molecular weight is 257 g/mol. The van der Waals surface area contributed by atoms with Crippen molar-refractivity contribution in [3.05, 3.63) is 12.2 Å². The molecule has 0 saturated carbocycles. The summed E-state index contributed by atoms with van der Waals surface area (Å²) >= 11 is 0. The van der Waals surface area contributed by atoms with Crippen LogP contribution in [0.25, 0.3) is 0 Å². The number of nitrogens with zero attached hydrogens (tertiary/aromatic N) is 1. The fraction of sp³-hybridized carbons (Fsp3) is 0.692. The zero-order valence-corrected chi connectivity index (χ0v) is 11.5. The molecule has 0 spiro atoms. The Kier molecular flexibility index (Phi) is 9.96. The lowest BCUT2D eigenvalue weighted by Gasteiger charge is -2.08. The molecule has 0 aliphatic rings. The van der Waals surface area contributed by atoms with Gasteiger partial charge in [0, 0.05) is 12.2 Å². The number of unbranched alkanes of at least 4 members (excludes halogenated alkanes) is 3. The van der Waals surface area contributed by atoms with Crippen LogP contribution in [0.5, 0.6) is 0 Å². The molecule has 18 heavy (non-hydrogen) atoms. The van der Waals surface area contributed by atoms with Crippen molar-refractivity contribution < 1.29 is 19.1 Å². The van der Waals surface area contributed by atoms with E-state index in [1.165, 1.54) is 7.11 Å². The van der Waals surface area contributed by atoms with Gasteiger partial charge in [0.25, 0.3) is 0 Å². The highest BCUT2D eigenvalue weighted by atomic mass is 16.5. The van der Waals surface area contributed by atoms with Crippen molar-refractivity contribution in [1.82, 2.24) is 4.90 Å². The van der Waals surface area contributed by atoms with E-state index in [-0.39, 0.29) is 0 Å². The zero-order chi connectivity index (χ0) is 13.8. The minimum absolute atomic E-state index is 0.395. The van der Waals surface area contributed by atoms with Gasteiger partial charge in [-0.15, -0.1) is 0 Å². The van der Waals surface area contributed by atoms with Crippen LogP contribution in [-0.4, -0.2) is 51.2 Å². The first kappa shape index (κ1) is 16.6. The highest BCUT2D eigenvalue weighted by Gasteiger charge is 1.99. The topological polar surface area (TPSA) is 55.8 Å². The fourth-order valence-corrected chi connectivity index (χ4v) is 1.31. The van der Waals surface area contributed by atoms with E-state index in [1.54, 1.807) is 0 Å². The number of ether oxygens (including phenoxy) is 2. The van der Waals surface area contributed by atoms with Gasteiger partial charge >= 0.3 is 11.9 Å². The highest BCUT2D eigenvalue weighted by Crippen LogP contribution is 2.01. The molecule has 0 N–H and O–H groups in total. The third-order valence-corrected chi connectivity index (χ3v) is 2.30.